The van der Waals surface area contributed by atoms with Crippen molar-refractivity contribution in [2.75, 3.05) is 6.54 Å². The maximum Gasteiger partial charge on any atom is 0.252 e. The largest absolute Gasteiger partial charge is 0.351 e. The molecule has 29 heavy (non-hydrogen) atoms. The summed E-state index contributed by atoms with van der Waals surface area (Å²) in [4.78, 5) is 24.3. The van der Waals surface area contributed by atoms with Gasteiger partial charge in [0.1, 0.15) is 5.69 Å². The van der Waals surface area contributed by atoms with Crippen LogP contribution in [-0.4, -0.2) is 28.5 Å². The van der Waals surface area contributed by atoms with Crippen LogP contribution in [0.4, 0.5) is 0 Å². The second-order valence-corrected chi connectivity index (χ2v) is 9.92. The average molecular weight is 412 g/mol. The van der Waals surface area contributed by atoms with E-state index in [1.165, 1.54) is 38.5 Å². The lowest BCUT2D eigenvalue weighted by Crippen LogP contribution is -2.51. The summed E-state index contributed by atoms with van der Waals surface area (Å²) in [5.41, 5.74) is 2.56. The molecule has 1 aromatic heterocycles. The summed E-state index contributed by atoms with van der Waals surface area (Å²) in [6.07, 6.45) is 10.5. The number of benzene rings is 1. The lowest BCUT2D eigenvalue weighted by molar-refractivity contribution is -0.0503. The number of hydrogen-bond donors (Lipinski definition) is 1. The maximum absolute atomic E-state index is 13.0. The first-order valence-corrected chi connectivity index (χ1v) is 10.9. The summed E-state index contributed by atoms with van der Waals surface area (Å²) in [6.45, 7) is 0.738. The van der Waals surface area contributed by atoms with Gasteiger partial charge in [0.25, 0.3) is 5.91 Å². The van der Waals surface area contributed by atoms with E-state index in [1.807, 2.05) is 6.07 Å². The summed E-state index contributed by atoms with van der Waals surface area (Å²) >= 11 is 6.36. The Hall–Kier alpha value is -2.14. The first-order valence-electron chi connectivity index (χ1n) is 10.5. The highest BCUT2D eigenvalue weighted by molar-refractivity contribution is 6.34. The van der Waals surface area contributed by atoms with Crippen molar-refractivity contribution in [3.05, 3.63) is 40.7 Å². The van der Waals surface area contributed by atoms with Crippen LogP contribution in [0.15, 0.2) is 24.4 Å². The molecule has 4 fully saturated rings. The zero-order valence-electron chi connectivity index (χ0n) is 16.7. The molecule has 4 aliphatic carbocycles. The molecule has 4 saturated carbocycles. The van der Waals surface area contributed by atoms with Gasteiger partial charge in [0, 0.05) is 25.4 Å². The standard InChI is InChI=1S/C23H26ClN3O2/c1-27-11-19(21(12-28)26-27)17-2-3-20(24)18(7-17)22(29)25-13-23-8-14-4-15(9-23)6-16(5-14)10-23/h2-3,7,11-12,14-16H,4-6,8-10,13H2,1H3,(H,25,29). The van der Waals surface area contributed by atoms with Gasteiger partial charge in [-0.25, -0.2) is 0 Å². The zero-order chi connectivity index (χ0) is 20.2. The van der Waals surface area contributed by atoms with Crippen LogP contribution in [0.25, 0.3) is 11.1 Å². The van der Waals surface area contributed by atoms with Crippen molar-refractivity contribution in [1.82, 2.24) is 15.1 Å². The molecule has 0 radical (unpaired) electrons. The van der Waals surface area contributed by atoms with Crippen LogP contribution in [0, 0.1) is 23.2 Å². The number of halogens is 1. The number of aromatic nitrogens is 2. The molecule has 0 spiro atoms. The summed E-state index contributed by atoms with van der Waals surface area (Å²) < 4.78 is 1.60. The van der Waals surface area contributed by atoms with Crippen molar-refractivity contribution in [3.63, 3.8) is 0 Å². The van der Waals surface area contributed by atoms with Crippen molar-refractivity contribution >= 4 is 23.8 Å². The van der Waals surface area contributed by atoms with E-state index in [2.05, 4.69) is 10.4 Å². The minimum atomic E-state index is -0.135. The van der Waals surface area contributed by atoms with E-state index < -0.39 is 0 Å². The number of aldehydes is 1. The molecule has 0 atom stereocenters. The number of aryl methyl sites for hydroxylation is 1. The summed E-state index contributed by atoms with van der Waals surface area (Å²) in [6, 6.07) is 5.31. The number of carbonyl (C=O) groups is 2. The van der Waals surface area contributed by atoms with E-state index in [9.17, 15) is 9.59 Å². The molecule has 1 amide bonds. The third kappa shape index (κ3) is 3.39. The fourth-order valence-corrected chi connectivity index (χ4v) is 6.75. The third-order valence-corrected chi connectivity index (χ3v) is 7.61. The molecule has 0 saturated heterocycles. The van der Waals surface area contributed by atoms with Crippen LogP contribution >= 0.6 is 11.6 Å². The molecule has 152 valence electrons. The molecule has 6 rings (SSSR count). The predicted octanol–water partition coefficient (Wildman–Crippen LogP) is 4.50. The van der Waals surface area contributed by atoms with E-state index in [0.29, 0.717) is 21.8 Å². The molecule has 4 bridgehead atoms. The highest BCUT2D eigenvalue weighted by atomic mass is 35.5. The lowest BCUT2D eigenvalue weighted by Gasteiger charge is -2.56. The smallest absolute Gasteiger partial charge is 0.252 e. The van der Waals surface area contributed by atoms with Gasteiger partial charge < -0.3 is 5.32 Å². The Balaban J connectivity index is 1.35. The van der Waals surface area contributed by atoms with Crippen molar-refractivity contribution in [2.45, 2.75) is 38.5 Å². The molecule has 1 aromatic carbocycles. The number of nitrogens with one attached hydrogen (secondary N) is 1. The first-order chi connectivity index (χ1) is 13.9. The highest BCUT2D eigenvalue weighted by Crippen LogP contribution is 2.59. The second kappa shape index (κ2) is 6.98. The number of rotatable bonds is 5. The fraction of sp³-hybridized carbons (Fsp3) is 0.522. The Labute approximate surface area is 175 Å². The summed E-state index contributed by atoms with van der Waals surface area (Å²) in [7, 11) is 1.77. The monoisotopic (exact) mass is 411 g/mol. The van der Waals surface area contributed by atoms with Gasteiger partial charge in [0.15, 0.2) is 6.29 Å². The Morgan fingerprint density at radius 2 is 1.90 bits per heavy atom. The maximum atomic E-state index is 13.0. The van der Waals surface area contributed by atoms with Gasteiger partial charge in [-0.05, 0) is 79.4 Å². The van der Waals surface area contributed by atoms with Crippen LogP contribution in [-0.2, 0) is 7.05 Å². The van der Waals surface area contributed by atoms with E-state index in [-0.39, 0.29) is 11.3 Å². The van der Waals surface area contributed by atoms with Gasteiger partial charge in [0.05, 0.1) is 10.6 Å². The van der Waals surface area contributed by atoms with Gasteiger partial charge in [-0.3, -0.25) is 14.3 Å². The average Bonchev–Trinajstić information content (AvgIpc) is 3.06. The van der Waals surface area contributed by atoms with Crippen LogP contribution in [0.3, 0.4) is 0 Å². The molecule has 1 heterocycles. The minimum absolute atomic E-state index is 0.135. The highest BCUT2D eigenvalue weighted by Gasteiger charge is 2.50. The van der Waals surface area contributed by atoms with Crippen molar-refractivity contribution in [3.8, 4) is 11.1 Å². The Kier molecular flexibility index (Phi) is 4.54. The molecular weight excluding hydrogens is 386 g/mol. The first kappa shape index (κ1) is 18.9. The Bertz CT molecular complexity index is 945. The van der Waals surface area contributed by atoms with E-state index >= 15 is 0 Å². The molecule has 4 aliphatic rings. The molecule has 0 aliphatic heterocycles. The quantitative estimate of drug-likeness (QED) is 0.737. The minimum Gasteiger partial charge on any atom is -0.351 e. The molecule has 6 heteroatoms. The summed E-state index contributed by atoms with van der Waals surface area (Å²) in [5.74, 6) is 2.44. The molecule has 2 aromatic rings. The normalized spacial score (nSPS) is 29.8. The fourth-order valence-electron chi connectivity index (χ4n) is 6.55. The van der Waals surface area contributed by atoms with Crippen LogP contribution < -0.4 is 5.32 Å². The van der Waals surface area contributed by atoms with Crippen LogP contribution in [0.1, 0.15) is 59.4 Å². The van der Waals surface area contributed by atoms with Gasteiger partial charge >= 0.3 is 0 Å². The Morgan fingerprint density at radius 3 is 2.52 bits per heavy atom. The van der Waals surface area contributed by atoms with Gasteiger partial charge in [0.2, 0.25) is 0 Å². The number of amides is 1. The lowest BCUT2D eigenvalue weighted by atomic mass is 9.49. The molecule has 0 unspecified atom stereocenters. The molecule has 1 N–H and O–H groups in total. The van der Waals surface area contributed by atoms with Gasteiger partial charge in [-0.2, -0.15) is 5.10 Å². The second-order valence-electron chi connectivity index (χ2n) is 9.51. The predicted molar refractivity (Wildman–Crippen MR) is 112 cm³/mol. The van der Waals surface area contributed by atoms with E-state index in [0.717, 1.165) is 36.1 Å². The topological polar surface area (TPSA) is 64.0 Å². The van der Waals surface area contributed by atoms with Crippen LogP contribution in [0.2, 0.25) is 5.02 Å². The number of carbonyl (C=O) groups excluding carboxylic acids is 2. The number of hydrogen-bond acceptors (Lipinski definition) is 3. The van der Waals surface area contributed by atoms with Crippen LogP contribution in [0.5, 0.6) is 0 Å². The van der Waals surface area contributed by atoms with Gasteiger partial charge in [-0.1, -0.05) is 17.7 Å². The van der Waals surface area contributed by atoms with Crippen molar-refractivity contribution in [1.29, 1.82) is 0 Å². The molecule has 5 nitrogen and oxygen atoms in total. The van der Waals surface area contributed by atoms with E-state index in [4.69, 9.17) is 11.6 Å². The van der Waals surface area contributed by atoms with Crippen molar-refractivity contribution < 1.29 is 9.59 Å². The summed E-state index contributed by atoms with van der Waals surface area (Å²) in [5, 5.41) is 7.78. The Morgan fingerprint density at radius 1 is 1.24 bits per heavy atom. The molecular formula is C23H26ClN3O2. The van der Waals surface area contributed by atoms with Crippen molar-refractivity contribution in [2.24, 2.45) is 30.2 Å². The third-order valence-electron chi connectivity index (χ3n) is 7.28. The SMILES string of the molecule is Cn1cc(-c2ccc(Cl)c(C(=O)NCC34CC5CC(CC(C5)C3)C4)c2)c(C=O)n1. The zero-order valence-corrected chi connectivity index (χ0v) is 17.4. The van der Waals surface area contributed by atoms with E-state index in [1.54, 1.807) is 30.1 Å². The number of nitrogens with zero attached hydrogens (tertiary/aromatic N) is 2. The van der Waals surface area contributed by atoms with Gasteiger partial charge in [-0.15, -0.1) is 0 Å².